The zero-order chi connectivity index (χ0) is 22.1. The van der Waals surface area contributed by atoms with Gasteiger partial charge in [-0.2, -0.15) is 4.31 Å². The second kappa shape index (κ2) is 8.57. The minimum absolute atomic E-state index is 0.0549. The van der Waals surface area contributed by atoms with Gasteiger partial charge in [0.2, 0.25) is 15.9 Å². The molecule has 10 heteroatoms. The van der Waals surface area contributed by atoms with Gasteiger partial charge in [-0.3, -0.25) is 9.59 Å². The summed E-state index contributed by atoms with van der Waals surface area (Å²) < 4.78 is 32.5. The van der Waals surface area contributed by atoms with Gasteiger partial charge in [-0.1, -0.05) is 17.3 Å². The van der Waals surface area contributed by atoms with Crippen LogP contribution in [0.15, 0.2) is 27.6 Å². The van der Waals surface area contributed by atoms with E-state index in [1.807, 2.05) is 0 Å². The number of nitrogens with zero attached hydrogens (tertiary/aromatic N) is 2. The standard InChI is InChI=1S/C20H26N4O5S/c1-12-7-5-9-16(17(12)20(26)21-4)22-19(25)15-8-6-10-24(11-15)30(27,28)18-13(2)23-29-14(18)3/h5,7,9,15H,6,8,10-11H2,1-4H3,(H,21,26)(H,22,25). The van der Waals surface area contributed by atoms with Gasteiger partial charge in [0, 0.05) is 20.1 Å². The van der Waals surface area contributed by atoms with Crippen molar-refractivity contribution in [2.75, 3.05) is 25.5 Å². The fraction of sp³-hybridized carbons (Fsp3) is 0.450. The molecule has 0 spiro atoms. The Balaban J connectivity index is 1.81. The molecule has 2 N–H and O–H groups in total. The molecule has 0 saturated carbocycles. The van der Waals surface area contributed by atoms with Crippen molar-refractivity contribution in [1.82, 2.24) is 14.8 Å². The molecule has 1 unspecified atom stereocenters. The van der Waals surface area contributed by atoms with E-state index in [2.05, 4.69) is 15.8 Å². The Morgan fingerprint density at radius 1 is 1.23 bits per heavy atom. The Hall–Kier alpha value is -2.72. The highest BCUT2D eigenvalue weighted by atomic mass is 32.2. The average molecular weight is 435 g/mol. The lowest BCUT2D eigenvalue weighted by Gasteiger charge is -2.31. The van der Waals surface area contributed by atoms with Crippen molar-refractivity contribution in [3.63, 3.8) is 0 Å². The molecular formula is C20H26N4O5S. The van der Waals surface area contributed by atoms with Crippen molar-refractivity contribution in [2.45, 2.75) is 38.5 Å². The van der Waals surface area contributed by atoms with Gasteiger partial charge in [0.05, 0.1) is 17.2 Å². The molecule has 0 aliphatic carbocycles. The highest BCUT2D eigenvalue weighted by molar-refractivity contribution is 7.89. The number of aryl methyl sites for hydroxylation is 3. The minimum Gasteiger partial charge on any atom is -0.360 e. The lowest BCUT2D eigenvalue weighted by atomic mass is 9.98. The summed E-state index contributed by atoms with van der Waals surface area (Å²) >= 11 is 0. The highest BCUT2D eigenvalue weighted by Crippen LogP contribution is 2.29. The number of sulfonamides is 1. The van der Waals surface area contributed by atoms with Gasteiger partial charge >= 0.3 is 0 Å². The van der Waals surface area contributed by atoms with Gasteiger partial charge in [0.25, 0.3) is 5.91 Å². The van der Waals surface area contributed by atoms with Crippen LogP contribution in [0.5, 0.6) is 0 Å². The van der Waals surface area contributed by atoms with E-state index in [1.54, 1.807) is 39.0 Å². The number of benzene rings is 1. The molecule has 0 radical (unpaired) electrons. The molecule has 2 heterocycles. The molecule has 30 heavy (non-hydrogen) atoms. The fourth-order valence-corrected chi connectivity index (χ4v) is 5.59. The molecular weight excluding hydrogens is 408 g/mol. The third-order valence-electron chi connectivity index (χ3n) is 5.31. The Labute approximate surface area is 175 Å². The summed E-state index contributed by atoms with van der Waals surface area (Å²) in [5, 5.41) is 9.12. The highest BCUT2D eigenvalue weighted by Gasteiger charge is 2.36. The Morgan fingerprint density at radius 2 is 1.97 bits per heavy atom. The third kappa shape index (κ3) is 4.10. The van der Waals surface area contributed by atoms with Crippen LogP contribution in [0, 0.1) is 26.7 Å². The second-order valence-electron chi connectivity index (χ2n) is 7.42. The number of anilines is 1. The zero-order valence-corrected chi connectivity index (χ0v) is 18.3. The first-order chi connectivity index (χ1) is 14.2. The molecule has 9 nitrogen and oxygen atoms in total. The SMILES string of the molecule is CNC(=O)c1c(C)cccc1NC(=O)C1CCCN(S(=O)(=O)c2c(C)noc2C)C1. The normalized spacial score (nSPS) is 17.5. The van der Waals surface area contributed by atoms with Crippen molar-refractivity contribution in [1.29, 1.82) is 0 Å². The van der Waals surface area contributed by atoms with Crippen molar-refractivity contribution in [3.05, 3.63) is 40.8 Å². The summed E-state index contributed by atoms with van der Waals surface area (Å²) in [6.45, 7) is 5.30. The fourth-order valence-electron chi connectivity index (χ4n) is 3.78. The average Bonchev–Trinajstić information content (AvgIpc) is 3.06. The first kappa shape index (κ1) is 22.0. The number of carbonyl (C=O) groups is 2. The first-order valence-electron chi connectivity index (χ1n) is 9.72. The predicted octanol–water partition coefficient (Wildman–Crippen LogP) is 2.00. The van der Waals surface area contributed by atoms with E-state index >= 15 is 0 Å². The summed E-state index contributed by atoms with van der Waals surface area (Å²) in [7, 11) is -2.29. The van der Waals surface area contributed by atoms with Crippen LogP contribution in [0.3, 0.4) is 0 Å². The van der Waals surface area contributed by atoms with E-state index in [4.69, 9.17) is 4.52 Å². The monoisotopic (exact) mass is 434 g/mol. The number of carbonyl (C=O) groups excluding carboxylic acids is 2. The third-order valence-corrected chi connectivity index (χ3v) is 7.42. The van der Waals surface area contributed by atoms with Crippen molar-refractivity contribution >= 4 is 27.5 Å². The van der Waals surface area contributed by atoms with Crippen molar-refractivity contribution in [3.8, 4) is 0 Å². The zero-order valence-electron chi connectivity index (χ0n) is 17.5. The van der Waals surface area contributed by atoms with Gasteiger partial charge in [0.1, 0.15) is 10.6 Å². The maximum atomic E-state index is 13.1. The van der Waals surface area contributed by atoms with E-state index in [0.29, 0.717) is 36.3 Å². The number of aromatic nitrogens is 1. The van der Waals surface area contributed by atoms with Crippen LogP contribution in [0.2, 0.25) is 0 Å². The summed E-state index contributed by atoms with van der Waals surface area (Å²) in [6, 6.07) is 5.21. The first-order valence-corrected chi connectivity index (χ1v) is 11.2. The summed E-state index contributed by atoms with van der Waals surface area (Å²) in [5.74, 6) is -0.917. The lowest BCUT2D eigenvalue weighted by Crippen LogP contribution is -2.44. The summed E-state index contributed by atoms with van der Waals surface area (Å²) in [5.41, 5.74) is 1.84. The van der Waals surface area contributed by atoms with Crippen LogP contribution in [0.25, 0.3) is 0 Å². The number of hydrogen-bond donors (Lipinski definition) is 2. The number of hydrogen-bond acceptors (Lipinski definition) is 6. The number of rotatable bonds is 5. The van der Waals surface area contributed by atoms with Crippen LogP contribution >= 0.6 is 0 Å². The van der Waals surface area contributed by atoms with Gasteiger partial charge in [-0.15, -0.1) is 0 Å². The van der Waals surface area contributed by atoms with Crippen LogP contribution in [0.4, 0.5) is 5.69 Å². The molecule has 1 fully saturated rings. The lowest BCUT2D eigenvalue weighted by molar-refractivity contribution is -0.120. The Bertz CT molecular complexity index is 1060. The quantitative estimate of drug-likeness (QED) is 0.742. The number of nitrogens with one attached hydrogen (secondary N) is 2. The molecule has 1 atom stereocenters. The molecule has 1 aromatic heterocycles. The molecule has 2 aromatic rings. The van der Waals surface area contributed by atoms with Crippen LogP contribution < -0.4 is 10.6 Å². The van der Waals surface area contributed by atoms with E-state index in [9.17, 15) is 18.0 Å². The minimum atomic E-state index is -3.82. The van der Waals surface area contributed by atoms with Crippen LogP contribution in [-0.2, 0) is 14.8 Å². The van der Waals surface area contributed by atoms with E-state index in [1.165, 1.54) is 11.4 Å². The molecule has 1 aromatic carbocycles. The molecule has 1 aliphatic rings. The smallest absolute Gasteiger partial charge is 0.253 e. The predicted molar refractivity (Wildman–Crippen MR) is 111 cm³/mol. The van der Waals surface area contributed by atoms with Gasteiger partial charge in [0.15, 0.2) is 5.76 Å². The van der Waals surface area contributed by atoms with Crippen LogP contribution in [-0.4, -0.2) is 49.8 Å². The number of amides is 2. The van der Waals surface area contributed by atoms with Gasteiger partial charge in [-0.25, -0.2) is 8.42 Å². The number of piperidine rings is 1. The van der Waals surface area contributed by atoms with Gasteiger partial charge in [-0.05, 0) is 45.2 Å². The summed E-state index contributed by atoms with van der Waals surface area (Å²) in [6.07, 6.45) is 1.11. The largest absolute Gasteiger partial charge is 0.360 e. The molecule has 1 aliphatic heterocycles. The van der Waals surface area contributed by atoms with Crippen molar-refractivity contribution < 1.29 is 22.5 Å². The Kier molecular flexibility index (Phi) is 6.27. The molecule has 162 valence electrons. The topological polar surface area (TPSA) is 122 Å². The van der Waals surface area contributed by atoms with Gasteiger partial charge < -0.3 is 15.2 Å². The van der Waals surface area contributed by atoms with E-state index < -0.39 is 15.9 Å². The van der Waals surface area contributed by atoms with Crippen LogP contribution in [0.1, 0.15) is 40.2 Å². The second-order valence-corrected chi connectivity index (χ2v) is 9.30. The molecule has 3 rings (SSSR count). The maximum Gasteiger partial charge on any atom is 0.253 e. The van der Waals surface area contributed by atoms with E-state index in [0.717, 1.165) is 5.56 Å². The molecule has 1 saturated heterocycles. The summed E-state index contributed by atoms with van der Waals surface area (Å²) in [4.78, 5) is 25.2. The Morgan fingerprint density at radius 3 is 2.60 bits per heavy atom. The van der Waals surface area contributed by atoms with Crippen molar-refractivity contribution in [2.24, 2.45) is 5.92 Å². The molecule has 2 amide bonds. The van der Waals surface area contributed by atoms with E-state index in [-0.39, 0.29) is 29.0 Å². The maximum absolute atomic E-state index is 13.1. The molecule has 0 bridgehead atoms.